The summed E-state index contributed by atoms with van der Waals surface area (Å²) in [5, 5.41) is 13.0. The van der Waals surface area contributed by atoms with Crippen molar-refractivity contribution in [1.29, 1.82) is 0 Å². The molecule has 0 bridgehead atoms. The monoisotopic (exact) mass is 608 g/mol. The highest BCUT2D eigenvalue weighted by Crippen LogP contribution is 2.45. The van der Waals surface area contributed by atoms with Crippen LogP contribution in [0.1, 0.15) is 0 Å². The number of aromatic nitrogens is 2. The fourth-order valence-electron chi connectivity index (χ4n) is 8.34. The summed E-state index contributed by atoms with van der Waals surface area (Å²) in [5.74, 6) is 0. The van der Waals surface area contributed by atoms with E-state index in [9.17, 15) is 0 Å². The predicted molar refractivity (Wildman–Crippen MR) is 204 cm³/mol. The number of hydrogen-bond donors (Lipinski definition) is 0. The van der Waals surface area contributed by atoms with Crippen LogP contribution in [0.5, 0.6) is 0 Å². The molecule has 0 atom stereocenters. The minimum absolute atomic E-state index is 1.18. The second kappa shape index (κ2) is 9.57. The van der Waals surface area contributed by atoms with Crippen molar-refractivity contribution < 1.29 is 0 Å². The quantitative estimate of drug-likeness (QED) is 0.139. The van der Waals surface area contributed by atoms with E-state index in [1.54, 1.807) is 0 Å². The molecule has 0 N–H and O–H groups in total. The first-order valence-electron chi connectivity index (χ1n) is 16.6. The van der Waals surface area contributed by atoms with Crippen LogP contribution in [-0.2, 0) is 0 Å². The van der Waals surface area contributed by atoms with Gasteiger partial charge in [-0.15, -0.1) is 0 Å². The standard InChI is InChI=1S/C46H28N2/c1-3-11-33(12-4-1)47-41-18-8-7-15-35(41)40-27-30(23-24-42(40)47)29-21-22-31-26-38-36-16-9-19-43-45(36)46-37(39(38)28-32(31)25-29)17-10-20-44(46)48(43)34-13-5-2-6-14-34/h1-28H. The van der Waals surface area contributed by atoms with E-state index in [1.807, 2.05) is 0 Å². The largest absolute Gasteiger partial charge is 0.309 e. The third kappa shape index (κ3) is 3.46. The maximum absolute atomic E-state index is 2.42. The van der Waals surface area contributed by atoms with E-state index in [0.717, 1.165) is 0 Å². The van der Waals surface area contributed by atoms with Gasteiger partial charge in [0, 0.05) is 32.9 Å². The molecule has 0 aliphatic carbocycles. The van der Waals surface area contributed by atoms with Crippen LogP contribution in [0.25, 0.3) is 98.4 Å². The van der Waals surface area contributed by atoms with Gasteiger partial charge < -0.3 is 9.13 Å². The van der Waals surface area contributed by atoms with Crippen molar-refractivity contribution >= 4 is 75.9 Å². The molecule has 222 valence electrons. The minimum atomic E-state index is 1.18. The first kappa shape index (κ1) is 25.8. The van der Waals surface area contributed by atoms with Gasteiger partial charge in [0.05, 0.1) is 22.1 Å². The number of nitrogens with zero attached hydrogens (tertiary/aromatic N) is 2. The van der Waals surface area contributed by atoms with E-state index in [2.05, 4.69) is 179 Å². The van der Waals surface area contributed by atoms with Crippen LogP contribution in [0.2, 0.25) is 0 Å². The van der Waals surface area contributed by atoms with E-state index < -0.39 is 0 Å². The lowest BCUT2D eigenvalue weighted by molar-refractivity contribution is 1.18. The van der Waals surface area contributed by atoms with Crippen LogP contribution in [0.4, 0.5) is 0 Å². The molecule has 2 aromatic heterocycles. The molecule has 9 aromatic carbocycles. The molecule has 0 spiro atoms. The molecule has 0 radical (unpaired) electrons. The van der Waals surface area contributed by atoms with Gasteiger partial charge in [-0.2, -0.15) is 0 Å². The molecule has 0 amide bonds. The molecule has 2 heteroatoms. The third-order valence-electron chi connectivity index (χ3n) is 10.4. The molecule has 2 nitrogen and oxygen atoms in total. The van der Waals surface area contributed by atoms with E-state index in [0.29, 0.717) is 0 Å². The number of fused-ring (bicyclic) bond motifs is 7. The second-order valence-corrected chi connectivity index (χ2v) is 13.0. The Kier molecular flexibility index (Phi) is 5.14. The van der Waals surface area contributed by atoms with E-state index in [-0.39, 0.29) is 0 Å². The Labute approximate surface area is 276 Å². The van der Waals surface area contributed by atoms with Gasteiger partial charge in [-0.3, -0.25) is 0 Å². The highest BCUT2D eigenvalue weighted by atomic mass is 15.0. The van der Waals surface area contributed by atoms with Crippen LogP contribution >= 0.6 is 0 Å². The van der Waals surface area contributed by atoms with Crippen molar-refractivity contribution in [3.05, 3.63) is 170 Å². The Morgan fingerprint density at radius 3 is 1.46 bits per heavy atom. The van der Waals surface area contributed by atoms with Crippen molar-refractivity contribution in [2.45, 2.75) is 0 Å². The summed E-state index contributed by atoms with van der Waals surface area (Å²) >= 11 is 0. The molecule has 0 saturated heterocycles. The zero-order chi connectivity index (χ0) is 31.3. The Bertz CT molecular complexity index is 3040. The predicted octanol–water partition coefficient (Wildman–Crippen LogP) is 12.4. The van der Waals surface area contributed by atoms with Crippen LogP contribution in [0, 0.1) is 0 Å². The average Bonchev–Trinajstić information content (AvgIpc) is 3.67. The summed E-state index contributed by atoms with van der Waals surface area (Å²) in [6, 6.07) is 62.4. The molecule has 0 saturated carbocycles. The van der Waals surface area contributed by atoms with Crippen molar-refractivity contribution in [3.8, 4) is 22.5 Å². The molecular formula is C46H28N2. The van der Waals surface area contributed by atoms with Gasteiger partial charge in [-0.25, -0.2) is 0 Å². The first-order valence-corrected chi connectivity index (χ1v) is 16.6. The summed E-state index contributed by atoms with van der Waals surface area (Å²) < 4.78 is 4.80. The highest BCUT2D eigenvalue weighted by Gasteiger charge is 2.20. The molecule has 2 heterocycles. The zero-order valence-electron chi connectivity index (χ0n) is 26.1. The summed E-state index contributed by atoms with van der Waals surface area (Å²) in [7, 11) is 0. The number of benzene rings is 9. The number of para-hydroxylation sites is 3. The molecule has 11 aromatic rings. The Balaban J connectivity index is 1.14. The third-order valence-corrected chi connectivity index (χ3v) is 10.4. The number of hydrogen-bond acceptors (Lipinski definition) is 0. The Morgan fingerprint density at radius 2 is 0.771 bits per heavy atom. The Morgan fingerprint density at radius 1 is 0.271 bits per heavy atom. The lowest BCUT2D eigenvalue weighted by Crippen LogP contribution is -1.92. The molecule has 0 fully saturated rings. The van der Waals surface area contributed by atoms with Crippen molar-refractivity contribution in [2.24, 2.45) is 0 Å². The summed E-state index contributed by atoms with van der Waals surface area (Å²) in [5.41, 5.74) is 9.79. The van der Waals surface area contributed by atoms with Gasteiger partial charge in [0.25, 0.3) is 0 Å². The smallest absolute Gasteiger partial charge is 0.0547 e. The zero-order valence-corrected chi connectivity index (χ0v) is 26.1. The molecule has 0 aliphatic rings. The first-order chi connectivity index (χ1) is 23.8. The summed E-state index contributed by atoms with van der Waals surface area (Å²) in [6.45, 7) is 0. The second-order valence-electron chi connectivity index (χ2n) is 13.0. The molecule has 0 aliphatic heterocycles. The van der Waals surface area contributed by atoms with Crippen LogP contribution < -0.4 is 0 Å². The van der Waals surface area contributed by atoms with E-state index in [1.165, 1.54) is 98.4 Å². The van der Waals surface area contributed by atoms with Gasteiger partial charge in [-0.1, -0.05) is 97.1 Å². The fraction of sp³-hybridized carbons (Fsp3) is 0. The molecule has 48 heavy (non-hydrogen) atoms. The number of rotatable bonds is 3. The fourth-order valence-corrected chi connectivity index (χ4v) is 8.34. The minimum Gasteiger partial charge on any atom is -0.309 e. The summed E-state index contributed by atoms with van der Waals surface area (Å²) in [4.78, 5) is 0. The maximum Gasteiger partial charge on any atom is 0.0547 e. The molecule has 11 rings (SSSR count). The van der Waals surface area contributed by atoms with Crippen molar-refractivity contribution in [3.63, 3.8) is 0 Å². The molecule has 0 unspecified atom stereocenters. The van der Waals surface area contributed by atoms with Crippen LogP contribution in [-0.4, -0.2) is 9.13 Å². The normalized spacial score (nSPS) is 12.2. The maximum atomic E-state index is 2.42. The SMILES string of the molecule is c1ccc(-n2c3ccccc3c3cc(-c4ccc5cc6c(cc5c4)c4cccc5c4c4c6cccc4n5-c4ccccc4)ccc32)cc1. The topological polar surface area (TPSA) is 9.86 Å². The summed E-state index contributed by atoms with van der Waals surface area (Å²) in [6.07, 6.45) is 0. The van der Waals surface area contributed by atoms with Gasteiger partial charge >= 0.3 is 0 Å². The van der Waals surface area contributed by atoms with Gasteiger partial charge in [0.1, 0.15) is 0 Å². The van der Waals surface area contributed by atoms with E-state index >= 15 is 0 Å². The van der Waals surface area contributed by atoms with Gasteiger partial charge in [0.2, 0.25) is 0 Å². The Hall–Kier alpha value is -6.38. The highest BCUT2D eigenvalue weighted by molar-refractivity contribution is 6.35. The lowest BCUT2D eigenvalue weighted by Gasteiger charge is -2.12. The van der Waals surface area contributed by atoms with Gasteiger partial charge in [0.15, 0.2) is 0 Å². The van der Waals surface area contributed by atoms with E-state index in [4.69, 9.17) is 0 Å². The van der Waals surface area contributed by atoms with Crippen LogP contribution in [0.15, 0.2) is 170 Å². The van der Waals surface area contributed by atoms with Crippen molar-refractivity contribution in [2.75, 3.05) is 0 Å². The molecular weight excluding hydrogens is 581 g/mol. The van der Waals surface area contributed by atoms with Gasteiger partial charge in [-0.05, 0) is 116 Å². The van der Waals surface area contributed by atoms with Crippen LogP contribution in [0.3, 0.4) is 0 Å². The lowest BCUT2D eigenvalue weighted by atomic mass is 9.91. The van der Waals surface area contributed by atoms with Crippen molar-refractivity contribution in [1.82, 2.24) is 9.13 Å². The average molecular weight is 609 g/mol.